The van der Waals surface area contributed by atoms with Crippen molar-refractivity contribution in [3.05, 3.63) is 35.4 Å². The molecule has 3 heteroatoms. The van der Waals surface area contributed by atoms with Crippen molar-refractivity contribution in [1.29, 1.82) is 0 Å². The molecule has 17 heavy (non-hydrogen) atoms. The molecule has 0 aliphatic rings. The van der Waals surface area contributed by atoms with Gasteiger partial charge in [-0.25, -0.2) is 8.78 Å². The fraction of sp³-hybridized carbons (Fsp3) is 0.571. The molecule has 0 radical (unpaired) electrons. The maximum absolute atomic E-state index is 13.4. The zero-order valence-corrected chi connectivity index (χ0v) is 10.5. The Labute approximate surface area is 102 Å². The van der Waals surface area contributed by atoms with Crippen LogP contribution in [0.5, 0.6) is 0 Å². The zero-order chi connectivity index (χ0) is 12.8. The fourth-order valence-electron chi connectivity index (χ4n) is 2.12. The number of halogens is 2. The highest BCUT2D eigenvalue weighted by molar-refractivity contribution is 5.19. The number of hydrogen-bond donors (Lipinski definition) is 1. The number of rotatable bonds is 6. The minimum Gasteiger partial charge on any atom is -0.327 e. The molecule has 1 atom stereocenters. The van der Waals surface area contributed by atoms with Crippen LogP contribution in [0.3, 0.4) is 0 Å². The van der Waals surface area contributed by atoms with E-state index in [1.165, 1.54) is 6.07 Å². The van der Waals surface area contributed by atoms with Gasteiger partial charge in [0, 0.05) is 6.04 Å². The van der Waals surface area contributed by atoms with Crippen molar-refractivity contribution in [1.82, 2.24) is 0 Å². The molecule has 1 rings (SSSR count). The summed E-state index contributed by atoms with van der Waals surface area (Å²) >= 11 is 0. The lowest BCUT2D eigenvalue weighted by atomic mass is 9.92. The number of hydrogen-bond acceptors (Lipinski definition) is 1. The monoisotopic (exact) mass is 241 g/mol. The molecule has 0 fully saturated rings. The van der Waals surface area contributed by atoms with Crippen molar-refractivity contribution < 1.29 is 8.78 Å². The Hall–Kier alpha value is -0.960. The first-order chi connectivity index (χ1) is 8.08. The Bertz CT molecular complexity index is 348. The van der Waals surface area contributed by atoms with E-state index in [1.807, 2.05) is 0 Å². The molecule has 2 N–H and O–H groups in total. The molecular weight excluding hydrogens is 220 g/mol. The Kier molecular flexibility index (Phi) is 5.56. The smallest absolute Gasteiger partial charge is 0.162 e. The third-order valence-corrected chi connectivity index (χ3v) is 3.30. The van der Waals surface area contributed by atoms with Crippen LogP contribution >= 0.6 is 0 Å². The molecule has 1 unspecified atom stereocenters. The highest BCUT2D eigenvalue weighted by atomic mass is 19.2. The van der Waals surface area contributed by atoms with Crippen LogP contribution < -0.4 is 5.73 Å². The van der Waals surface area contributed by atoms with Crippen molar-refractivity contribution >= 4 is 0 Å². The third-order valence-electron chi connectivity index (χ3n) is 3.30. The van der Waals surface area contributed by atoms with Gasteiger partial charge < -0.3 is 5.73 Å². The Balaban J connectivity index is 2.61. The van der Waals surface area contributed by atoms with E-state index in [9.17, 15) is 8.78 Å². The summed E-state index contributed by atoms with van der Waals surface area (Å²) in [5.41, 5.74) is 6.37. The molecule has 1 aromatic rings. The van der Waals surface area contributed by atoms with Gasteiger partial charge in [-0.05, 0) is 30.4 Å². The normalized spacial score (nSPS) is 13.1. The molecule has 0 aromatic heterocycles. The highest BCUT2D eigenvalue weighted by Gasteiger charge is 2.14. The van der Waals surface area contributed by atoms with Gasteiger partial charge in [-0.15, -0.1) is 0 Å². The first kappa shape index (κ1) is 14.1. The topological polar surface area (TPSA) is 26.0 Å². The predicted molar refractivity (Wildman–Crippen MR) is 66.7 cm³/mol. The highest BCUT2D eigenvalue weighted by Crippen LogP contribution is 2.18. The summed E-state index contributed by atoms with van der Waals surface area (Å²) in [5, 5.41) is 0. The first-order valence-electron chi connectivity index (χ1n) is 6.26. The molecule has 1 nitrogen and oxygen atoms in total. The van der Waals surface area contributed by atoms with Gasteiger partial charge in [0.1, 0.15) is 0 Å². The average Bonchev–Trinajstić information content (AvgIpc) is 2.32. The van der Waals surface area contributed by atoms with Gasteiger partial charge in [-0.3, -0.25) is 0 Å². The summed E-state index contributed by atoms with van der Waals surface area (Å²) in [4.78, 5) is 0. The summed E-state index contributed by atoms with van der Waals surface area (Å²) in [6.45, 7) is 4.26. The minimum absolute atomic E-state index is 0.101. The van der Waals surface area contributed by atoms with E-state index in [4.69, 9.17) is 5.73 Å². The molecule has 96 valence electrons. The lowest BCUT2D eigenvalue weighted by Crippen LogP contribution is -2.26. The summed E-state index contributed by atoms with van der Waals surface area (Å²) in [6.07, 6.45) is 3.43. The van der Waals surface area contributed by atoms with E-state index >= 15 is 0 Å². The number of benzene rings is 1. The van der Waals surface area contributed by atoms with Crippen LogP contribution in [-0.4, -0.2) is 6.04 Å². The van der Waals surface area contributed by atoms with E-state index in [-0.39, 0.29) is 6.04 Å². The van der Waals surface area contributed by atoms with E-state index in [1.54, 1.807) is 6.07 Å². The molecule has 0 heterocycles. The summed E-state index contributed by atoms with van der Waals surface area (Å²) in [7, 11) is 0. The van der Waals surface area contributed by atoms with Crippen LogP contribution in [0.2, 0.25) is 0 Å². The van der Waals surface area contributed by atoms with Gasteiger partial charge in [0.25, 0.3) is 0 Å². The van der Waals surface area contributed by atoms with Crippen LogP contribution in [-0.2, 0) is 6.42 Å². The van der Waals surface area contributed by atoms with E-state index in [2.05, 4.69) is 13.8 Å². The van der Waals surface area contributed by atoms with Gasteiger partial charge in [-0.1, -0.05) is 38.8 Å². The molecule has 0 bridgehead atoms. The molecule has 0 aliphatic carbocycles. The third kappa shape index (κ3) is 4.08. The quantitative estimate of drug-likeness (QED) is 0.808. The number of nitrogens with two attached hydrogens (primary N) is 1. The van der Waals surface area contributed by atoms with Crippen LogP contribution in [0.4, 0.5) is 8.78 Å². The largest absolute Gasteiger partial charge is 0.327 e. The van der Waals surface area contributed by atoms with E-state index in [0.29, 0.717) is 17.9 Å². The fourth-order valence-corrected chi connectivity index (χ4v) is 2.12. The van der Waals surface area contributed by atoms with Crippen LogP contribution in [0.25, 0.3) is 0 Å². The van der Waals surface area contributed by atoms with Gasteiger partial charge in [-0.2, -0.15) is 0 Å². The maximum Gasteiger partial charge on any atom is 0.162 e. The van der Waals surface area contributed by atoms with Crippen LogP contribution in [0, 0.1) is 17.6 Å². The lowest BCUT2D eigenvalue weighted by Gasteiger charge is -2.18. The predicted octanol–water partition coefficient (Wildman–Crippen LogP) is 3.66. The summed E-state index contributed by atoms with van der Waals surface area (Å²) in [5.74, 6) is -0.980. The van der Waals surface area contributed by atoms with Crippen molar-refractivity contribution in [3.8, 4) is 0 Å². The first-order valence-corrected chi connectivity index (χ1v) is 6.26. The Morgan fingerprint density at radius 1 is 1.18 bits per heavy atom. The van der Waals surface area contributed by atoms with E-state index < -0.39 is 11.6 Å². The van der Waals surface area contributed by atoms with E-state index in [0.717, 1.165) is 25.3 Å². The van der Waals surface area contributed by atoms with Crippen molar-refractivity contribution in [2.45, 2.75) is 45.6 Å². The zero-order valence-electron chi connectivity index (χ0n) is 10.5. The standard InChI is InChI=1S/C14H21F2N/c1-3-10(4-2)8-12(17)9-11-6-5-7-13(15)14(11)16/h5-7,10,12H,3-4,8-9,17H2,1-2H3. The second-order valence-corrected chi connectivity index (χ2v) is 4.60. The van der Waals surface area contributed by atoms with Crippen LogP contribution in [0.15, 0.2) is 18.2 Å². The second-order valence-electron chi connectivity index (χ2n) is 4.60. The van der Waals surface area contributed by atoms with Crippen molar-refractivity contribution in [2.75, 3.05) is 0 Å². The summed E-state index contributed by atoms with van der Waals surface area (Å²) < 4.78 is 26.4. The molecule has 0 saturated carbocycles. The summed E-state index contributed by atoms with van der Waals surface area (Å²) in [6, 6.07) is 4.16. The van der Waals surface area contributed by atoms with Crippen LogP contribution in [0.1, 0.15) is 38.7 Å². The molecule has 0 amide bonds. The van der Waals surface area contributed by atoms with Gasteiger partial charge in [0.05, 0.1) is 0 Å². The van der Waals surface area contributed by atoms with Crippen molar-refractivity contribution in [2.24, 2.45) is 11.7 Å². The molecule has 1 aromatic carbocycles. The van der Waals surface area contributed by atoms with Gasteiger partial charge in [0.2, 0.25) is 0 Å². The SMILES string of the molecule is CCC(CC)CC(N)Cc1cccc(F)c1F. The second kappa shape index (κ2) is 6.70. The molecule has 0 aliphatic heterocycles. The molecule has 0 saturated heterocycles. The molecule has 0 spiro atoms. The van der Waals surface area contributed by atoms with Gasteiger partial charge in [0.15, 0.2) is 11.6 Å². The molecular formula is C14H21F2N. The maximum atomic E-state index is 13.4. The lowest BCUT2D eigenvalue weighted by molar-refractivity contribution is 0.402. The van der Waals surface area contributed by atoms with Gasteiger partial charge >= 0.3 is 0 Å². The Morgan fingerprint density at radius 2 is 1.82 bits per heavy atom. The Morgan fingerprint density at radius 3 is 2.41 bits per heavy atom. The minimum atomic E-state index is -0.794. The average molecular weight is 241 g/mol. The van der Waals surface area contributed by atoms with Crippen molar-refractivity contribution in [3.63, 3.8) is 0 Å².